The van der Waals surface area contributed by atoms with Crippen molar-refractivity contribution in [3.8, 4) is 0 Å². The van der Waals surface area contributed by atoms with E-state index >= 15 is 0 Å². The number of anilines is 1. The van der Waals surface area contributed by atoms with Crippen molar-refractivity contribution in [3.05, 3.63) is 28.2 Å². The minimum Gasteiger partial charge on any atom is -0.392 e. The monoisotopic (exact) mass is 378 g/mol. The van der Waals surface area contributed by atoms with Crippen LogP contribution >= 0.6 is 28.1 Å². The summed E-state index contributed by atoms with van der Waals surface area (Å²) >= 11 is 8.02. The Bertz CT molecular complexity index is 569. The first-order chi connectivity index (χ1) is 9.86. The van der Waals surface area contributed by atoms with E-state index in [1.807, 2.05) is 0 Å². The fourth-order valence-electron chi connectivity index (χ4n) is 2.20. The number of carbonyl (C=O) groups is 1. The Hall–Kier alpha value is -1.12. The average Bonchev–Trinajstić information content (AvgIpc) is 2.43. The molecule has 2 rings (SSSR count). The maximum atomic E-state index is 13.8. The van der Waals surface area contributed by atoms with E-state index in [9.17, 15) is 13.6 Å². The van der Waals surface area contributed by atoms with Crippen LogP contribution in [-0.2, 0) is 9.53 Å². The second kappa shape index (κ2) is 6.33. The number of carbonyl (C=O) groups excluding carboxylic acids is 1. The molecule has 1 amide bonds. The van der Waals surface area contributed by atoms with E-state index in [2.05, 4.69) is 21.2 Å². The van der Waals surface area contributed by atoms with E-state index in [-0.39, 0.29) is 15.1 Å². The van der Waals surface area contributed by atoms with E-state index in [1.165, 1.54) is 0 Å². The zero-order valence-electron chi connectivity index (χ0n) is 10.9. The molecular weight excluding hydrogens is 366 g/mol. The molecule has 1 heterocycles. The van der Waals surface area contributed by atoms with Crippen LogP contribution in [0.5, 0.6) is 0 Å². The van der Waals surface area contributed by atoms with Gasteiger partial charge in [0.1, 0.15) is 11.2 Å². The van der Waals surface area contributed by atoms with Crippen molar-refractivity contribution < 1.29 is 18.3 Å². The Labute approximate surface area is 134 Å². The summed E-state index contributed by atoms with van der Waals surface area (Å²) in [5.41, 5.74) is 4.50. The van der Waals surface area contributed by atoms with Gasteiger partial charge in [-0.15, -0.1) is 0 Å². The summed E-state index contributed by atoms with van der Waals surface area (Å²) in [7, 11) is 0. The van der Waals surface area contributed by atoms with Gasteiger partial charge in [0.15, 0.2) is 5.82 Å². The Balaban J connectivity index is 2.30. The van der Waals surface area contributed by atoms with Gasteiger partial charge in [-0.2, -0.15) is 0 Å². The number of benzene rings is 1. The first kappa shape index (κ1) is 16.3. The molecule has 3 N–H and O–H groups in total. The lowest BCUT2D eigenvalue weighted by atomic mass is 9.79. The van der Waals surface area contributed by atoms with Crippen molar-refractivity contribution in [1.29, 1.82) is 0 Å². The average molecular weight is 379 g/mol. The number of halogens is 3. The fraction of sp³-hybridized carbons (Fsp3) is 0.385. The maximum absolute atomic E-state index is 13.8. The van der Waals surface area contributed by atoms with E-state index in [4.69, 9.17) is 22.7 Å². The quantitative estimate of drug-likeness (QED) is 0.793. The van der Waals surface area contributed by atoms with Crippen molar-refractivity contribution in [3.63, 3.8) is 0 Å². The first-order valence-electron chi connectivity index (χ1n) is 6.20. The zero-order chi connectivity index (χ0) is 15.6. The summed E-state index contributed by atoms with van der Waals surface area (Å²) in [6, 6.07) is 1.76. The lowest BCUT2D eigenvalue weighted by molar-refractivity contribution is -0.126. The van der Waals surface area contributed by atoms with Crippen molar-refractivity contribution in [2.45, 2.75) is 12.8 Å². The molecule has 0 aromatic heterocycles. The summed E-state index contributed by atoms with van der Waals surface area (Å²) in [6.07, 6.45) is 0.656. The van der Waals surface area contributed by atoms with Gasteiger partial charge in [-0.05, 0) is 34.8 Å². The van der Waals surface area contributed by atoms with Crippen LogP contribution in [0.25, 0.3) is 0 Å². The molecule has 114 valence electrons. The summed E-state index contributed by atoms with van der Waals surface area (Å²) < 4.78 is 32.2. The first-order valence-corrected chi connectivity index (χ1v) is 7.40. The molecular formula is C13H13BrF2N2O2S. The molecule has 0 atom stereocenters. The summed E-state index contributed by atoms with van der Waals surface area (Å²) in [5, 5.41) is 2.45. The molecule has 1 fully saturated rings. The number of amides is 1. The Morgan fingerprint density at radius 3 is 2.52 bits per heavy atom. The molecule has 1 aromatic carbocycles. The summed E-state index contributed by atoms with van der Waals surface area (Å²) in [5.74, 6) is -2.13. The highest BCUT2D eigenvalue weighted by molar-refractivity contribution is 9.10. The van der Waals surface area contributed by atoms with Gasteiger partial charge in [-0.3, -0.25) is 4.79 Å². The molecule has 0 spiro atoms. The number of hydrogen-bond acceptors (Lipinski definition) is 3. The van der Waals surface area contributed by atoms with Gasteiger partial charge in [0, 0.05) is 23.8 Å². The van der Waals surface area contributed by atoms with Gasteiger partial charge in [-0.25, -0.2) is 8.78 Å². The minimum absolute atomic E-state index is 0.0435. The number of rotatable bonds is 3. The van der Waals surface area contributed by atoms with Gasteiger partial charge in [0.2, 0.25) is 5.91 Å². The highest BCUT2D eigenvalue weighted by Gasteiger charge is 2.43. The van der Waals surface area contributed by atoms with Crippen LogP contribution in [0.1, 0.15) is 12.8 Å². The summed E-state index contributed by atoms with van der Waals surface area (Å²) in [6.45, 7) is 0.690. The molecule has 0 bridgehead atoms. The van der Waals surface area contributed by atoms with E-state index in [1.54, 1.807) is 0 Å². The Morgan fingerprint density at radius 2 is 2.00 bits per heavy atom. The molecule has 8 heteroatoms. The molecule has 1 aliphatic heterocycles. The number of nitrogens with two attached hydrogens (primary N) is 1. The number of hydrogen-bond donors (Lipinski definition) is 2. The van der Waals surface area contributed by atoms with E-state index in [0.717, 1.165) is 6.07 Å². The van der Waals surface area contributed by atoms with E-state index < -0.39 is 23.0 Å². The van der Waals surface area contributed by atoms with Gasteiger partial charge in [0.05, 0.1) is 10.7 Å². The molecule has 1 saturated heterocycles. The third-order valence-corrected chi connectivity index (χ3v) is 4.51. The highest BCUT2D eigenvalue weighted by Crippen LogP contribution is 2.34. The molecule has 4 nitrogen and oxygen atoms in total. The van der Waals surface area contributed by atoms with Crippen LogP contribution in [0.3, 0.4) is 0 Å². The van der Waals surface area contributed by atoms with Crippen LogP contribution in [0.2, 0.25) is 0 Å². The van der Waals surface area contributed by atoms with Crippen molar-refractivity contribution in [2.24, 2.45) is 11.1 Å². The van der Waals surface area contributed by atoms with Crippen LogP contribution in [0, 0.1) is 17.0 Å². The topological polar surface area (TPSA) is 64.4 Å². The van der Waals surface area contributed by atoms with Crippen LogP contribution in [-0.4, -0.2) is 24.1 Å². The van der Waals surface area contributed by atoms with Crippen LogP contribution in [0.4, 0.5) is 14.5 Å². The summed E-state index contributed by atoms with van der Waals surface area (Å²) in [4.78, 5) is 12.5. The fourth-order valence-corrected chi connectivity index (χ4v) is 3.00. The normalized spacial score (nSPS) is 17.3. The third-order valence-electron chi connectivity index (χ3n) is 3.50. The van der Waals surface area contributed by atoms with Gasteiger partial charge >= 0.3 is 0 Å². The lowest BCUT2D eigenvalue weighted by Gasteiger charge is -2.34. The second-order valence-electron chi connectivity index (χ2n) is 4.76. The predicted molar refractivity (Wildman–Crippen MR) is 82.0 cm³/mol. The smallest absolute Gasteiger partial charge is 0.237 e. The lowest BCUT2D eigenvalue weighted by Crippen LogP contribution is -2.49. The SMILES string of the molecule is NC(=S)C1(C(=O)Nc2c(F)cc(F)cc2Br)CCOCC1. The number of nitrogens with one attached hydrogen (secondary N) is 1. The zero-order valence-corrected chi connectivity index (χ0v) is 13.3. The van der Waals surface area contributed by atoms with Crippen molar-refractivity contribution in [2.75, 3.05) is 18.5 Å². The second-order valence-corrected chi connectivity index (χ2v) is 6.05. The molecule has 1 aliphatic rings. The van der Waals surface area contributed by atoms with Crippen molar-refractivity contribution >= 4 is 44.7 Å². The Kier molecular flexibility index (Phi) is 4.90. The highest BCUT2D eigenvalue weighted by atomic mass is 79.9. The van der Waals surface area contributed by atoms with Crippen LogP contribution in [0.15, 0.2) is 16.6 Å². The minimum atomic E-state index is -1.08. The standard InChI is InChI=1S/C13H13BrF2N2O2S/c14-8-5-7(15)6-9(16)10(8)18-12(19)13(11(17)21)1-3-20-4-2-13/h5-6H,1-4H2,(H2,17,21)(H,18,19). The molecule has 1 aromatic rings. The maximum Gasteiger partial charge on any atom is 0.237 e. The van der Waals surface area contributed by atoms with E-state index in [0.29, 0.717) is 32.1 Å². The van der Waals surface area contributed by atoms with Gasteiger partial charge in [-0.1, -0.05) is 12.2 Å². The van der Waals surface area contributed by atoms with Gasteiger partial charge < -0.3 is 15.8 Å². The molecule has 0 saturated carbocycles. The molecule has 21 heavy (non-hydrogen) atoms. The number of thiocarbonyl (C=S) groups is 1. The van der Waals surface area contributed by atoms with Crippen LogP contribution < -0.4 is 11.1 Å². The predicted octanol–water partition coefficient (Wildman–Crippen LogP) is 2.75. The molecule has 0 unspecified atom stereocenters. The third kappa shape index (κ3) is 3.22. The molecule has 0 aliphatic carbocycles. The molecule has 0 radical (unpaired) electrons. The largest absolute Gasteiger partial charge is 0.392 e. The van der Waals surface area contributed by atoms with Crippen molar-refractivity contribution in [1.82, 2.24) is 0 Å². The number of ether oxygens (including phenoxy) is 1. The van der Waals surface area contributed by atoms with Gasteiger partial charge in [0.25, 0.3) is 0 Å². The Morgan fingerprint density at radius 1 is 1.38 bits per heavy atom.